The minimum atomic E-state index is 0.521. The summed E-state index contributed by atoms with van der Waals surface area (Å²) in [5.74, 6) is 2.03. The lowest BCUT2D eigenvalue weighted by Gasteiger charge is -2.04. The molecule has 0 aliphatic carbocycles. The number of benzene rings is 1. The minimum absolute atomic E-state index is 0.521. The second kappa shape index (κ2) is 5.68. The molecule has 0 saturated carbocycles. The molecule has 24 heavy (non-hydrogen) atoms. The highest BCUT2D eigenvalue weighted by Crippen LogP contribution is 2.31. The molecule has 0 radical (unpaired) electrons. The van der Waals surface area contributed by atoms with Crippen LogP contribution in [-0.2, 0) is 6.54 Å². The van der Waals surface area contributed by atoms with Gasteiger partial charge in [-0.2, -0.15) is 10.2 Å². The van der Waals surface area contributed by atoms with Crippen LogP contribution in [0.2, 0.25) is 5.02 Å². The number of rotatable bonds is 3. The fourth-order valence-electron chi connectivity index (χ4n) is 2.61. The van der Waals surface area contributed by atoms with Crippen molar-refractivity contribution in [3.05, 3.63) is 52.8 Å². The molecule has 0 unspecified atom stereocenters. The van der Waals surface area contributed by atoms with Crippen LogP contribution in [0.5, 0.6) is 0 Å². The first kappa shape index (κ1) is 14.8. The SMILES string of the molecule is Cc1ncc(Cn2nc(-c3nc(C)n[nH]3)c3cccc(Cl)c32)cn1. The van der Waals surface area contributed by atoms with Crippen molar-refractivity contribution in [2.45, 2.75) is 20.4 Å². The quantitative estimate of drug-likeness (QED) is 0.620. The van der Waals surface area contributed by atoms with E-state index in [1.54, 1.807) is 12.4 Å². The average molecular weight is 340 g/mol. The third-order valence-corrected chi connectivity index (χ3v) is 4.01. The van der Waals surface area contributed by atoms with Crippen molar-refractivity contribution in [2.24, 2.45) is 0 Å². The molecule has 0 amide bonds. The highest BCUT2D eigenvalue weighted by Gasteiger charge is 2.17. The van der Waals surface area contributed by atoms with E-state index >= 15 is 0 Å². The Morgan fingerprint density at radius 1 is 1.12 bits per heavy atom. The summed E-state index contributed by atoms with van der Waals surface area (Å²) < 4.78 is 1.85. The molecule has 8 heteroatoms. The predicted molar refractivity (Wildman–Crippen MR) is 90.7 cm³/mol. The van der Waals surface area contributed by atoms with Gasteiger partial charge in [0.15, 0.2) is 5.82 Å². The number of nitrogens with zero attached hydrogens (tertiary/aromatic N) is 6. The molecule has 0 spiro atoms. The van der Waals surface area contributed by atoms with E-state index in [2.05, 4.69) is 25.1 Å². The molecule has 1 N–H and O–H groups in total. The summed E-state index contributed by atoms with van der Waals surface area (Å²) in [6.45, 7) is 4.21. The summed E-state index contributed by atoms with van der Waals surface area (Å²) >= 11 is 6.42. The Morgan fingerprint density at radius 3 is 2.62 bits per heavy atom. The standard InChI is InChI=1S/C16H14ClN7/c1-9-18-6-11(7-19-9)8-24-15-12(4-3-5-13(15)17)14(23-24)16-20-10(2)21-22-16/h3-7H,8H2,1-2H3,(H,20,21,22). The Bertz CT molecular complexity index is 1020. The second-order valence-electron chi connectivity index (χ2n) is 5.51. The van der Waals surface area contributed by atoms with E-state index in [9.17, 15) is 0 Å². The number of fused-ring (bicyclic) bond motifs is 1. The minimum Gasteiger partial charge on any atom is -0.258 e. The number of aromatic amines is 1. The van der Waals surface area contributed by atoms with Gasteiger partial charge < -0.3 is 0 Å². The number of H-pyrrole nitrogens is 1. The molecule has 0 bridgehead atoms. The molecule has 120 valence electrons. The maximum absolute atomic E-state index is 6.42. The first-order valence-corrected chi connectivity index (χ1v) is 7.81. The van der Waals surface area contributed by atoms with Gasteiger partial charge >= 0.3 is 0 Å². The molecule has 4 aromatic rings. The van der Waals surface area contributed by atoms with Gasteiger partial charge in [0.25, 0.3) is 0 Å². The molecule has 1 aromatic carbocycles. The summed E-state index contributed by atoms with van der Waals surface area (Å²) in [6, 6.07) is 5.73. The van der Waals surface area contributed by atoms with E-state index in [-0.39, 0.29) is 0 Å². The van der Waals surface area contributed by atoms with E-state index in [0.29, 0.717) is 23.2 Å². The van der Waals surface area contributed by atoms with E-state index in [1.165, 1.54) is 0 Å². The van der Waals surface area contributed by atoms with Crippen molar-refractivity contribution in [3.8, 4) is 11.5 Å². The number of aromatic nitrogens is 7. The molecule has 0 fully saturated rings. The van der Waals surface area contributed by atoms with Crippen LogP contribution in [0.1, 0.15) is 17.2 Å². The largest absolute Gasteiger partial charge is 0.258 e. The van der Waals surface area contributed by atoms with Crippen LogP contribution in [0.3, 0.4) is 0 Å². The molecule has 0 saturated heterocycles. The summed E-state index contributed by atoms with van der Waals surface area (Å²) in [5.41, 5.74) is 2.52. The summed E-state index contributed by atoms with van der Waals surface area (Å²) in [4.78, 5) is 12.8. The molecule has 3 aromatic heterocycles. The maximum atomic E-state index is 6.42. The van der Waals surface area contributed by atoms with Crippen molar-refractivity contribution in [2.75, 3.05) is 0 Å². The second-order valence-corrected chi connectivity index (χ2v) is 5.92. The fourth-order valence-corrected chi connectivity index (χ4v) is 2.88. The Balaban J connectivity index is 1.87. The van der Waals surface area contributed by atoms with Crippen LogP contribution >= 0.6 is 11.6 Å². The molecule has 0 aliphatic rings. The predicted octanol–water partition coefficient (Wildman–Crippen LogP) is 2.93. The van der Waals surface area contributed by atoms with Crippen LogP contribution in [0, 0.1) is 13.8 Å². The molecule has 0 atom stereocenters. The summed E-state index contributed by atoms with van der Waals surface area (Å²) in [6.07, 6.45) is 3.59. The number of hydrogen-bond donors (Lipinski definition) is 1. The van der Waals surface area contributed by atoms with Gasteiger partial charge in [-0.25, -0.2) is 15.0 Å². The van der Waals surface area contributed by atoms with Crippen molar-refractivity contribution in [1.29, 1.82) is 0 Å². The van der Waals surface area contributed by atoms with E-state index in [0.717, 1.165) is 28.0 Å². The van der Waals surface area contributed by atoms with Crippen molar-refractivity contribution in [1.82, 2.24) is 34.9 Å². The number of nitrogens with one attached hydrogen (secondary N) is 1. The van der Waals surface area contributed by atoms with Crippen LogP contribution < -0.4 is 0 Å². The Morgan fingerprint density at radius 2 is 1.92 bits per heavy atom. The lowest BCUT2D eigenvalue weighted by molar-refractivity contribution is 0.706. The lowest BCUT2D eigenvalue weighted by Crippen LogP contribution is -2.03. The van der Waals surface area contributed by atoms with Crippen LogP contribution in [0.4, 0.5) is 0 Å². The van der Waals surface area contributed by atoms with Crippen molar-refractivity contribution < 1.29 is 0 Å². The zero-order valence-electron chi connectivity index (χ0n) is 13.2. The number of hydrogen-bond acceptors (Lipinski definition) is 5. The van der Waals surface area contributed by atoms with Gasteiger partial charge in [0.2, 0.25) is 0 Å². The van der Waals surface area contributed by atoms with E-state index < -0.39 is 0 Å². The highest BCUT2D eigenvalue weighted by atomic mass is 35.5. The molecule has 4 rings (SSSR count). The summed E-state index contributed by atoms with van der Waals surface area (Å²) in [5, 5.41) is 13.3. The smallest absolute Gasteiger partial charge is 0.176 e. The van der Waals surface area contributed by atoms with Gasteiger partial charge in [0, 0.05) is 23.3 Å². The Hall–Kier alpha value is -2.80. The molecule has 7 nitrogen and oxygen atoms in total. The fraction of sp³-hybridized carbons (Fsp3) is 0.188. The molecule has 3 heterocycles. The number of aryl methyl sites for hydroxylation is 2. The van der Waals surface area contributed by atoms with E-state index in [4.69, 9.17) is 16.7 Å². The monoisotopic (exact) mass is 339 g/mol. The van der Waals surface area contributed by atoms with Crippen LogP contribution in [0.25, 0.3) is 22.4 Å². The van der Waals surface area contributed by atoms with Gasteiger partial charge in [-0.15, -0.1) is 0 Å². The van der Waals surface area contributed by atoms with E-state index in [1.807, 2.05) is 36.7 Å². The zero-order chi connectivity index (χ0) is 16.7. The Labute approximate surface area is 142 Å². The first-order valence-electron chi connectivity index (χ1n) is 7.44. The molecule has 0 aliphatic heterocycles. The normalized spacial score (nSPS) is 11.3. The van der Waals surface area contributed by atoms with Gasteiger partial charge in [-0.1, -0.05) is 23.7 Å². The van der Waals surface area contributed by atoms with Crippen LogP contribution in [-0.4, -0.2) is 34.9 Å². The van der Waals surface area contributed by atoms with Gasteiger partial charge in [0.05, 0.1) is 17.1 Å². The Kier molecular flexibility index (Phi) is 3.50. The topological polar surface area (TPSA) is 85.2 Å². The average Bonchev–Trinajstić information content (AvgIpc) is 3.14. The lowest BCUT2D eigenvalue weighted by atomic mass is 10.2. The number of para-hydroxylation sites is 1. The summed E-state index contributed by atoms with van der Waals surface area (Å²) in [7, 11) is 0. The van der Waals surface area contributed by atoms with Crippen molar-refractivity contribution in [3.63, 3.8) is 0 Å². The molecular weight excluding hydrogens is 326 g/mol. The maximum Gasteiger partial charge on any atom is 0.176 e. The number of halogens is 1. The van der Waals surface area contributed by atoms with Crippen LogP contribution in [0.15, 0.2) is 30.6 Å². The van der Waals surface area contributed by atoms with Crippen molar-refractivity contribution >= 4 is 22.5 Å². The highest BCUT2D eigenvalue weighted by molar-refractivity contribution is 6.35. The van der Waals surface area contributed by atoms with Gasteiger partial charge in [0.1, 0.15) is 17.3 Å². The zero-order valence-corrected chi connectivity index (χ0v) is 13.9. The van der Waals surface area contributed by atoms with Gasteiger partial charge in [-0.3, -0.25) is 9.78 Å². The molecular formula is C16H14ClN7. The third-order valence-electron chi connectivity index (χ3n) is 3.71. The third kappa shape index (κ3) is 2.52. The van der Waals surface area contributed by atoms with Gasteiger partial charge in [-0.05, 0) is 19.9 Å². The first-order chi connectivity index (χ1) is 11.6.